The van der Waals surface area contributed by atoms with Crippen molar-refractivity contribution in [1.29, 1.82) is 0 Å². The monoisotopic (exact) mass is 238 g/mol. The molecule has 0 heterocycles. The van der Waals surface area contributed by atoms with Crippen LogP contribution in [0.3, 0.4) is 0 Å². The van der Waals surface area contributed by atoms with E-state index in [0.717, 1.165) is 4.48 Å². The smallest absolute Gasteiger partial charge is 0.132 e. The molecule has 18 heavy (non-hydrogen) atoms. The first-order chi connectivity index (χ1) is 8.55. The van der Waals surface area contributed by atoms with Crippen LogP contribution < -0.4 is 4.48 Å². The maximum Gasteiger partial charge on any atom is 0.132 e. The van der Waals surface area contributed by atoms with E-state index in [0.29, 0.717) is 0 Å². The van der Waals surface area contributed by atoms with Gasteiger partial charge in [0.25, 0.3) is 0 Å². The van der Waals surface area contributed by atoms with E-state index in [9.17, 15) is 0 Å². The molecule has 0 aliphatic carbocycles. The highest BCUT2D eigenvalue weighted by Crippen LogP contribution is 2.18. The van der Waals surface area contributed by atoms with Crippen molar-refractivity contribution in [2.24, 2.45) is 0 Å². The van der Waals surface area contributed by atoms with E-state index in [1.165, 1.54) is 16.8 Å². The Morgan fingerprint density at radius 3 is 1.67 bits per heavy atom. The molecular formula is C17H20N+. The molecule has 2 aromatic rings. The van der Waals surface area contributed by atoms with Crippen LogP contribution in [0, 0.1) is 0 Å². The van der Waals surface area contributed by atoms with Crippen LogP contribution in [-0.4, -0.2) is 21.1 Å². The second kappa shape index (κ2) is 5.19. The zero-order chi connectivity index (χ0) is 13.0. The third kappa shape index (κ3) is 3.31. The third-order valence-electron chi connectivity index (χ3n) is 2.94. The molecule has 0 aliphatic heterocycles. The molecule has 92 valence electrons. The Hall–Kier alpha value is -1.86. The van der Waals surface area contributed by atoms with E-state index >= 15 is 0 Å². The molecule has 0 aromatic heterocycles. The molecule has 2 aromatic carbocycles. The number of quaternary nitrogens is 1. The second-order valence-electron chi connectivity index (χ2n) is 5.35. The molecule has 0 saturated carbocycles. The fraction of sp³-hybridized carbons (Fsp3) is 0.176. The lowest BCUT2D eigenvalue weighted by Crippen LogP contribution is -2.34. The predicted octanol–water partition coefficient (Wildman–Crippen LogP) is 4.05. The zero-order valence-corrected chi connectivity index (χ0v) is 11.3. The van der Waals surface area contributed by atoms with Gasteiger partial charge in [0, 0.05) is 0 Å². The summed E-state index contributed by atoms with van der Waals surface area (Å²) in [7, 11) is 6.53. The van der Waals surface area contributed by atoms with Gasteiger partial charge in [-0.1, -0.05) is 42.5 Å². The molecule has 0 fully saturated rings. The summed E-state index contributed by atoms with van der Waals surface area (Å²) in [6, 6.07) is 19.1. The van der Waals surface area contributed by atoms with Crippen molar-refractivity contribution in [3.8, 4) is 0 Å². The van der Waals surface area contributed by atoms with Gasteiger partial charge in [0.1, 0.15) is 5.69 Å². The van der Waals surface area contributed by atoms with Gasteiger partial charge in [0.15, 0.2) is 0 Å². The Morgan fingerprint density at radius 2 is 1.17 bits per heavy atom. The van der Waals surface area contributed by atoms with Crippen molar-refractivity contribution < 1.29 is 0 Å². The van der Waals surface area contributed by atoms with Crippen molar-refractivity contribution in [2.45, 2.75) is 0 Å². The number of hydrogen-bond acceptors (Lipinski definition) is 0. The van der Waals surface area contributed by atoms with Gasteiger partial charge in [0.05, 0.1) is 21.1 Å². The first-order valence-electron chi connectivity index (χ1n) is 6.21. The van der Waals surface area contributed by atoms with Gasteiger partial charge >= 0.3 is 0 Å². The van der Waals surface area contributed by atoms with E-state index in [2.05, 4.69) is 81.8 Å². The van der Waals surface area contributed by atoms with Crippen LogP contribution in [0.4, 0.5) is 5.69 Å². The van der Waals surface area contributed by atoms with E-state index in [-0.39, 0.29) is 0 Å². The third-order valence-corrected chi connectivity index (χ3v) is 2.94. The quantitative estimate of drug-likeness (QED) is 0.559. The number of benzene rings is 2. The van der Waals surface area contributed by atoms with Crippen LogP contribution in [0.25, 0.3) is 12.2 Å². The fourth-order valence-electron chi connectivity index (χ4n) is 1.79. The van der Waals surface area contributed by atoms with Crippen molar-refractivity contribution in [3.05, 3.63) is 65.7 Å². The summed E-state index contributed by atoms with van der Waals surface area (Å²) in [6.45, 7) is 0. The van der Waals surface area contributed by atoms with Gasteiger partial charge in [-0.2, -0.15) is 0 Å². The van der Waals surface area contributed by atoms with E-state index in [1.54, 1.807) is 0 Å². The standard InChI is InChI=1S/C17H20N/c1-18(2,3)17-13-11-16(12-14-17)10-9-15-7-5-4-6-8-15/h4-14H,1-3H3/q+1. The fourth-order valence-corrected chi connectivity index (χ4v) is 1.79. The highest BCUT2D eigenvalue weighted by molar-refractivity contribution is 5.70. The maximum atomic E-state index is 2.19. The van der Waals surface area contributed by atoms with Crippen LogP contribution in [0.15, 0.2) is 54.6 Å². The summed E-state index contributed by atoms with van der Waals surface area (Å²) in [4.78, 5) is 0. The van der Waals surface area contributed by atoms with Crippen molar-refractivity contribution in [2.75, 3.05) is 21.1 Å². The SMILES string of the molecule is C[N+](C)(C)c1ccc(C=Cc2ccccc2)cc1. The number of nitrogens with zero attached hydrogens (tertiary/aromatic N) is 1. The largest absolute Gasteiger partial charge is 0.298 e. The van der Waals surface area contributed by atoms with E-state index in [4.69, 9.17) is 0 Å². The Morgan fingerprint density at radius 1 is 0.667 bits per heavy atom. The minimum Gasteiger partial charge on any atom is -0.298 e. The molecule has 0 N–H and O–H groups in total. The summed E-state index contributed by atoms with van der Waals surface area (Å²) in [5.74, 6) is 0. The van der Waals surface area contributed by atoms with Crippen molar-refractivity contribution in [3.63, 3.8) is 0 Å². The highest BCUT2D eigenvalue weighted by atomic mass is 15.3. The Labute approximate surface area is 110 Å². The molecule has 1 heteroatoms. The van der Waals surface area contributed by atoms with Crippen LogP contribution in [-0.2, 0) is 0 Å². The van der Waals surface area contributed by atoms with Gasteiger partial charge in [-0.3, -0.25) is 4.48 Å². The molecule has 0 amide bonds. The van der Waals surface area contributed by atoms with E-state index < -0.39 is 0 Å². The van der Waals surface area contributed by atoms with Gasteiger partial charge in [-0.25, -0.2) is 0 Å². The normalized spacial score (nSPS) is 11.9. The average molecular weight is 238 g/mol. The van der Waals surface area contributed by atoms with Crippen LogP contribution >= 0.6 is 0 Å². The Kier molecular flexibility index (Phi) is 3.63. The van der Waals surface area contributed by atoms with Gasteiger partial charge in [-0.15, -0.1) is 0 Å². The second-order valence-corrected chi connectivity index (χ2v) is 5.35. The van der Waals surface area contributed by atoms with Crippen molar-refractivity contribution >= 4 is 17.8 Å². The summed E-state index contributed by atoms with van der Waals surface area (Å²) >= 11 is 0. The zero-order valence-electron chi connectivity index (χ0n) is 11.3. The summed E-state index contributed by atoms with van der Waals surface area (Å²) < 4.78 is 0.850. The lowest BCUT2D eigenvalue weighted by atomic mass is 10.1. The first-order valence-corrected chi connectivity index (χ1v) is 6.21. The molecule has 0 aliphatic rings. The average Bonchev–Trinajstić information content (AvgIpc) is 2.37. The van der Waals surface area contributed by atoms with Crippen LogP contribution in [0.5, 0.6) is 0 Å². The minimum absolute atomic E-state index is 0.850. The Bertz CT molecular complexity index is 516. The highest BCUT2D eigenvalue weighted by Gasteiger charge is 2.10. The topological polar surface area (TPSA) is 0 Å². The number of rotatable bonds is 3. The van der Waals surface area contributed by atoms with Crippen LogP contribution in [0.2, 0.25) is 0 Å². The van der Waals surface area contributed by atoms with Crippen molar-refractivity contribution in [1.82, 2.24) is 4.48 Å². The number of hydrogen-bond donors (Lipinski definition) is 0. The molecular weight excluding hydrogens is 218 g/mol. The minimum atomic E-state index is 0.850. The van der Waals surface area contributed by atoms with Crippen LogP contribution in [0.1, 0.15) is 11.1 Å². The lowest BCUT2D eigenvalue weighted by Gasteiger charge is -2.23. The summed E-state index contributed by atoms with van der Waals surface area (Å²) in [5, 5.41) is 0. The summed E-state index contributed by atoms with van der Waals surface area (Å²) in [6.07, 6.45) is 4.29. The lowest BCUT2D eigenvalue weighted by molar-refractivity contribution is 0.486. The molecule has 0 atom stereocenters. The molecule has 1 nitrogen and oxygen atoms in total. The van der Waals surface area contributed by atoms with E-state index in [1.807, 2.05) is 6.07 Å². The Balaban J connectivity index is 2.14. The molecule has 0 unspecified atom stereocenters. The van der Waals surface area contributed by atoms with Gasteiger partial charge in [-0.05, 0) is 35.4 Å². The predicted molar refractivity (Wildman–Crippen MR) is 81.4 cm³/mol. The molecule has 0 radical (unpaired) electrons. The maximum absolute atomic E-state index is 2.19. The van der Waals surface area contributed by atoms with Gasteiger partial charge in [0.2, 0.25) is 0 Å². The molecule has 0 saturated heterocycles. The molecule has 2 rings (SSSR count). The first kappa shape index (κ1) is 12.6. The molecule has 0 bridgehead atoms. The van der Waals surface area contributed by atoms with Gasteiger partial charge < -0.3 is 0 Å². The molecule has 0 spiro atoms. The summed E-state index contributed by atoms with van der Waals surface area (Å²) in [5.41, 5.74) is 3.77.